The molecule has 0 aliphatic carbocycles. The van der Waals surface area contributed by atoms with E-state index in [0.29, 0.717) is 11.1 Å². The molecule has 24 heavy (non-hydrogen) atoms. The van der Waals surface area contributed by atoms with Crippen LogP contribution in [0, 0.1) is 19.7 Å². The van der Waals surface area contributed by atoms with Gasteiger partial charge in [-0.1, -0.05) is 12.1 Å². The van der Waals surface area contributed by atoms with Crippen LogP contribution in [0.15, 0.2) is 51.7 Å². The fourth-order valence-corrected chi connectivity index (χ4v) is 2.46. The highest BCUT2D eigenvalue weighted by molar-refractivity contribution is 5.89. The third kappa shape index (κ3) is 3.06. The lowest BCUT2D eigenvalue weighted by atomic mass is 10.0. The smallest absolute Gasteiger partial charge is 0.338 e. The summed E-state index contributed by atoms with van der Waals surface area (Å²) in [6.45, 7) is 3.73. The van der Waals surface area contributed by atoms with E-state index in [2.05, 4.69) is 0 Å². The number of aryl methyl sites for hydroxylation is 2. The molecule has 1 aromatic heterocycles. The number of ether oxygens (including phenoxy) is 1. The number of carbonyl (C=O) groups excluding carboxylic acids is 1. The van der Waals surface area contributed by atoms with E-state index < -0.39 is 17.4 Å². The molecule has 0 radical (unpaired) electrons. The van der Waals surface area contributed by atoms with Gasteiger partial charge in [0.1, 0.15) is 18.0 Å². The van der Waals surface area contributed by atoms with Gasteiger partial charge in [-0.05, 0) is 49.2 Å². The quantitative estimate of drug-likeness (QED) is 0.541. The minimum Gasteiger partial charge on any atom is -0.457 e. The normalized spacial score (nSPS) is 10.8. The molecule has 0 N–H and O–H groups in total. The van der Waals surface area contributed by atoms with Gasteiger partial charge >= 0.3 is 11.6 Å². The second-order valence-electron chi connectivity index (χ2n) is 5.56. The van der Waals surface area contributed by atoms with E-state index in [-0.39, 0.29) is 12.2 Å². The van der Waals surface area contributed by atoms with E-state index in [1.807, 2.05) is 26.0 Å². The van der Waals surface area contributed by atoms with Crippen molar-refractivity contribution in [3.8, 4) is 0 Å². The first-order valence-corrected chi connectivity index (χ1v) is 7.41. The molecule has 0 unspecified atom stereocenters. The number of benzene rings is 2. The zero-order chi connectivity index (χ0) is 17.3. The van der Waals surface area contributed by atoms with Crippen LogP contribution in [0.2, 0.25) is 0 Å². The van der Waals surface area contributed by atoms with Gasteiger partial charge in [-0.2, -0.15) is 0 Å². The van der Waals surface area contributed by atoms with Crippen LogP contribution in [0.25, 0.3) is 11.0 Å². The van der Waals surface area contributed by atoms with Gasteiger partial charge in [0, 0.05) is 17.0 Å². The summed E-state index contributed by atoms with van der Waals surface area (Å²) >= 11 is 0. The molecule has 3 rings (SSSR count). The number of hydrogen-bond donors (Lipinski definition) is 0. The van der Waals surface area contributed by atoms with Crippen LogP contribution < -0.4 is 5.63 Å². The van der Waals surface area contributed by atoms with Gasteiger partial charge in [-0.15, -0.1) is 0 Å². The molecule has 0 saturated carbocycles. The molecule has 0 spiro atoms. The van der Waals surface area contributed by atoms with Crippen molar-refractivity contribution < 1.29 is 18.3 Å². The fraction of sp³-hybridized carbons (Fsp3) is 0.158. The Morgan fingerprint density at radius 1 is 1.12 bits per heavy atom. The highest BCUT2D eigenvalue weighted by Crippen LogP contribution is 2.23. The molecule has 0 aliphatic rings. The number of hydrogen-bond acceptors (Lipinski definition) is 4. The lowest BCUT2D eigenvalue weighted by Gasteiger charge is -2.09. The Morgan fingerprint density at radius 3 is 2.54 bits per heavy atom. The Labute approximate surface area is 137 Å². The highest BCUT2D eigenvalue weighted by Gasteiger charge is 2.12. The van der Waals surface area contributed by atoms with Crippen LogP contribution in [0.3, 0.4) is 0 Å². The van der Waals surface area contributed by atoms with Gasteiger partial charge in [0.2, 0.25) is 0 Å². The van der Waals surface area contributed by atoms with E-state index in [1.54, 1.807) is 0 Å². The topological polar surface area (TPSA) is 56.5 Å². The summed E-state index contributed by atoms with van der Waals surface area (Å²) in [7, 11) is 0. The fourth-order valence-electron chi connectivity index (χ4n) is 2.46. The molecule has 5 heteroatoms. The van der Waals surface area contributed by atoms with Crippen molar-refractivity contribution in [3.63, 3.8) is 0 Å². The molecule has 0 saturated heterocycles. The van der Waals surface area contributed by atoms with Crippen molar-refractivity contribution in [1.29, 1.82) is 0 Å². The molecule has 3 aromatic rings. The van der Waals surface area contributed by atoms with Crippen molar-refractivity contribution in [2.75, 3.05) is 0 Å². The first kappa shape index (κ1) is 15.9. The number of esters is 1. The monoisotopic (exact) mass is 326 g/mol. The standard InChI is InChI=1S/C19H15FO4/c1-11-3-8-16-14(9-17(21)24-18(16)12(11)2)10-23-19(22)13-4-6-15(20)7-5-13/h3-9H,10H2,1-2H3. The lowest BCUT2D eigenvalue weighted by molar-refractivity contribution is 0.0474. The maximum Gasteiger partial charge on any atom is 0.338 e. The summed E-state index contributed by atoms with van der Waals surface area (Å²) in [5, 5.41) is 0.726. The molecule has 0 atom stereocenters. The second kappa shape index (κ2) is 6.28. The molecule has 4 nitrogen and oxygen atoms in total. The summed E-state index contributed by atoms with van der Waals surface area (Å²) < 4.78 is 23.4. The van der Waals surface area contributed by atoms with Crippen molar-refractivity contribution >= 4 is 16.9 Å². The van der Waals surface area contributed by atoms with Crippen molar-refractivity contribution in [3.05, 3.63) is 81.0 Å². The van der Waals surface area contributed by atoms with Gasteiger partial charge < -0.3 is 9.15 Å². The molecule has 0 amide bonds. The first-order chi connectivity index (χ1) is 11.5. The van der Waals surface area contributed by atoms with E-state index in [0.717, 1.165) is 16.5 Å². The van der Waals surface area contributed by atoms with Crippen LogP contribution in [0.1, 0.15) is 27.0 Å². The Kier molecular flexibility index (Phi) is 4.16. The third-order valence-electron chi connectivity index (χ3n) is 3.96. The Hall–Kier alpha value is -2.95. The third-order valence-corrected chi connectivity index (χ3v) is 3.96. The van der Waals surface area contributed by atoms with Gasteiger partial charge in [-0.3, -0.25) is 0 Å². The number of fused-ring (bicyclic) bond motifs is 1. The highest BCUT2D eigenvalue weighted by atomic mass is 19.1. The van der Waals surface area contributed by atoms with E-state index >= 15 is 0 Å². The predicted octanol–water partition coefficient (Wildman–Crippen LogP) is 3.91. The average Bonchev–Trinajstić information content (AvgIpc) is 2.56. The maximum atomic E-state index is 12.9. The van der Waals surface area contributed by atoms with Crippen molar-refractivity contribution in [2.45, 2.75) is 20.5 Å². The predicted molar refractivity (Wildman–Crippen MR) is 87.5 cm³/mol. The number of carbonyl (C=O) groups is 1. The minimum absolute atomic E-state index is 0.0686. The van der Waals surface area contributed by atoms with Crippen molar-refractivity contribution in [1.82, 2.24) is 0 Å². The van der Waals surface area contributed by atoms with E-state index in [4.69, 9.17) is 9.15 Å². The zero-order valence-corrected chi connectivity index (χ0v) is 13.3. The van der Waals surface area contributed by atoms with Crippen LogP contribution in [-0.2, 0) is 11.3 Å². The Morgan fingerprint density at radius 2 is 1.83 bits per heavy atom. The van der Waals surface area contributed by atoms with Gasteiger partial charge in [0.25, 0.3) is 0 Å². The first-order valence-electron chi connectivity index (χ1n) is 7.41. The molecule has 2 aromatic carbocycles. The van der Waals surface area contributed by atoms with E-state index in [1.165, 1.54) is 30.3 Å². The lowest BCUT2D eigenvalue weighted by Crippen LogP contribution is -2.08. The molecule has 0 bridgehead atoms. The Balaban J connectivity index is 1.90. The summed E-state index contributed by atoms with van der Waals surface area (Å²) in [5.74, 6) is -1.01. The number of rotatable bonds is 3. The van der Waals surface area contributed by atoms with E-state index in [9.17, 15) is 14.0 Å². The molecular weight excluding hydrogens is 311 g/mol. The molecule has 122 valence electrons. The Bertz CT molecular complexity index is 971. The summed E-state index contributed by atoms with van der Waals surface area (Å²) in [5.41, 5.74) is 2.69. The number of halogens is 1. The van der Waals surface area contributed by atoms with Gasteiger partial charge in [-0.25, -0.2) is 14.0 Å². The summed E-state index contributed by atoms with van der Waals surface area (Å²) in [4.78, 5) is 23.8. The largest absolute Gasteiger partial charge is 0.457 e. The minimum atomic E-state index is -0.583. The molecule has 0 aliphatic heterocycles. The van der Waals surface area contributed by atoms with Gasteiger partial charge in [0.05, 0.1) is 5.56 Å². The second-order valence-corrected chi connectivity index (χ2v) is 5.56. The van der Waals surface area contributed by atoms with Crippen molar-refractivity contribution in [2.24, 2.45) is 0 Å². The maximum absolute atomic E-state index is 12.9. The van der Waals surface area contributed by atoms with Crippen LogP contribution in [0.4, 0.5) is 4.39 Å². The van der Waals surface area contributed by atoms with Gasteiger partial charge in [0.15, 0.2) is 0 Å². The molecule has 0 fully saturated rings. The SMILES string of the molecule is Cc1ccc2c(COC(=O)c3ccc(F)cc3)cc(=O)oc2c1C. The zero-order valence-electron chi connectivity index (χ0n) is 13.3. The van der Waals surface area contributed by atoms with Crippen LogP contribution >= 0.6 is 0 Å². The van der Waals surface area contributed by atoms with Crippen LogP contribution in [0.5, 0.6) is 0 Å². The molecular formula is C19H15FO4. The summed E-state index contributed by atoms with van der Waals surface area (Å²) in [6.07, 6.45) is 0. The average molecular weight is 326 g/mol. The molecule has 1 heterocycles. The van der Waals surface area contributed by atoms with Crippen LogP contribution in [-0.4, -0.2) is 5.97 Å². The summed E-state index contributed by atoms with van der Waals surface area (Å²) in [6, 6.07) is 10.1.